The summed E-state index contributed by atoms with van der Waals surface area (Å²) in [6.07, 6.45) is 54.9. The summed E-state index contributed by atoms with van der Waals surface area (Å²) in [5, 5.41) is 0. The lowest BCUT2D eigenvalue weighted by molar-refractivity contribution is -0.252. The van der Waals surface area contributed by atoms with Crippen LogP contribution in [0.15, 0.2) is 0 Å². The van der Waals surface area contributed by atoms with Crippen molar-refractivity contribution >= 4 is 5.91 Å². The van der Waals surface area contributed by atoms with Gasteiger partial charge in [-0.2, -0.15) is 0 Å². The lowest BCUT2D eigenvalue weighted by Crippen LogP contribution is -2.67. The van der Waals surface area contributed by atoms with Crippen molar-refractivity contribution < 1.29 is 4.79 Å². The molecule has 20 aliphatic rings. The molecule has 20 rings (SSSR count). The third kappa shape index (κ3) is 26.4. The fraction of sp³-hybridized carbons (Fsp3) is 0.992. The molecule has 20 fully saturated rings. The minimum absolute atomic E-state index is 0.0363. The summed E-state index contributed by atoms with van der Waals surface area (Å²) in [6, 6.07) is 0. The number of carbonyl (C=O) groups is 1. The molecule has 2 heteroatoms. The van der Waals surface area contributed by atoms with Crippen LogP contribution in [0.4, 0.5) is 0 Å². The lowest BCUT2D eigenvalue weighted by Gasteiger charge is -2.75. The second-order valence-corrected chi connectivity index (χ2v) is 51.1. The van der Waals surface area contributed by atoms with E-state index in [-0.39, 0.29) is 11.0 Å². The number of nitrogens with zero attached hydrogens (tertiary/aromatic N) is 1. The number of rotatable bonds is 15. The number of hydrogen-bond acceptors (Lipinski definition) is 1. The first-order chi connectivity index (χ1) is 58.3. The van der Waals surface area contributed by atoms with Crippen LogP contribution in [0.1, 0.15) is 577 Å². The zero-order chi connectivity index (χ0) is 97.4. The van der Waals surface area contributed by atoms with Crippen LogP contribution in [0.3, 0.4) is 0 Å². The van der Waals surface area contributed by atoms with Crippen molar-refractivity contribution in [3.8, 4) is 0 Å². The highest BCUT2D eigenvalue weighted by Crippen LogP contribution is 2.79. The normalized spacial score (nSPS) is 37.7. The molecule has 16 bridgehead atoms. The van der Waals surface area contributed by atoms with Crippen molar-refractivity contribution in [3.63, 3.8) is 0 Å². The van der Waals surface area contributed by atoms with Gasteiger partial charge in [0.2, 0.25) is 5.91 Å². The number of amides is 1. The van der Waals surface area contributed by atoms with E-state index < -0.39 is 0 Å². The average molecular weight is 1750 g/mol. The number of hydrogen-bond donors (Lipinski definition) is 0. The van der Waals surface area contributed by atoms with Crippen LogP contribution in [0.2, 0.25) is 0 Å². The fourth-order valence-corrected chi connectivity index (χ4v) is 31.5. The van der Waals surface area contributed by atoms with Crippen LogP contribution in [-0.4, -0.2) is 23.4 Å². The van der Waals surface area contributed by atoms with Crippen LogP contribution >= 0.6 is 0 Å². The molecule has 2 saturated heterocycles. The smallest absolute Gasteiger partial charge is 0.229 e. The minimum Gasteiger partial charge on any atom is -0.339 e. The zero-order valence-corrected chi connectivity index (χ0v) is 96.6. The Balaban J connectivity index is 0.000000698. The molecule has 0 radical (unpaired) electrons. The van der Waals surface area contributed by atoms with Gasteiger partial charge >= 0.3 is 0 Å². The average Bonchev–Trinajstić information content (AvgIpc) is 1.66. The first kappa shape index (κ1) is 122. The Morgan fingerprint density at radius 2 is 0.512 bits per heavy atom. The van der Waals surface area contributed by atoms with Crippen molar-refractivity contribution in [2.75, 3.05) is 7.05 Å². The summed E-state index contributed by atoms with van der Waals surface area (Å²) in [7, 11) is 2.03. The van der Waals surface area contributed by atoms with E-state index in [1.165, 1.54) is 218 Å². The van der Waals surface area contributed by atoms with E-state index in [1.54, 1.807) is 6.42 Å². The molecule has 2 aliphatic heterocycles. The van der Waals surface area contributed by atoms with Gasteiger partial charge in [-0.3, -0.25) is 4.79 Å². The van der Waals surface area contributed by atoms with E-state index in [0.29, 0.717) is 23.2 Å². The first-order valence-corrected chi connectivity index (χ1v) is 57.6. The maximum absolute atomic E-state index is 12.6. The Morgan fingerprint density at radius 3 is 0.752 bits per heavy atom. The Labute approximate surface area is 794 Å². The predicted molar refractivity (Wildman–Crippen MR) is 569 cm³/mol. The molecule has 2 nitrogen and oxygen atoms in total. The van der Waals surface area contributed by atoms with Gasteiger partial charge in [-0.25, -0.2) is 0 Å². The highest BCUT2D eigenvalue weighted by molar-refractivity contribution is 5.85. The van der Waals surface area contributed by atoms with E-state index in [1.807, 2.05) is 118 Å². The molecule has 7 unspecified atom stereocenters. The second kappa shape index (κ2) is 51.6. The van der Waals surface area contributed by atoms with Gasteiger partial charge in [0.05, 0.1) is 5.41 Å². The van der Waals surface area contributed by atoms with Gasteiger partial charge in [-0.05, 0) is 420 Å². The maximum Gasteiger partial charge on any atom is 0.229 e. The maximum atomic E-state index is 12.6. The molecule has 0 aromatic carbocycles. The number of carbonyl (C=O) groups excluding carboxylic acids is 1. The molecule has 7 atom stereocenters. The Morgan fingerprint density at radius 1 is 0.256 bits per heavy atom. The van der Waals surface area contributed by atoms with Crippen LogP contribution in [0, 0.1) is 195 Å². The van der Waals surface area contributed by atoms with Crippen LogP contribution in [-0.2, 0) is 4.79 Å². The van der Waals surface area contributed by atoms with Crippen LogP contribution in [0.25, 0.3) is 0 Å². The summed E-state index contributed by atoms with van der Waals surface area (Å²) in [5.74, 6) is 19.7. The number of piperidine rings is 2. The highest BCUT2D eigenvalue weighted by atomic mass is 16.2. The van der Waals surface area contributed by atoms with Crippen LogP contribution in [0.5, 0.6) is 0 Å². The fourth-order valence-electron chi connectivity index (χ4n) is 31.5. The molecule has 2 heterocycles. The summed E-state index contributed by atoms with van der Waals surface area (Å²) >= 11 is 0. The van der Waals surface area contributed by atoms with Crippen molar-refractivity contribution in [3.05, 3.63) is 0 Å². The molecule has 1 amide bonds. The lowest BCUT2D eigenvalue weighted by atomic mass is 9.30. The van der Waals surface area contributed by atoms with Crippen LogP contribution < -0.4 is 0 Å². The second-order valence-electron chi connectivity index (χ2n) is 51.1. The molecule has 18 saturated carbocycles. The molecule has 0 aromatic rings. The van der Waals surface area contributed by atoms with E-state index in [2.05, 4.69) is 233 Å². The zero-order valence-electron chi connectivity index (χ0n) is 96.6. The van der Waals surface area contributed by atoms with Gasteiger partial charge < -0.3 is 4.90 Å². The number of fused-ring (bicyclic) bond motifs is 15. The molecule has 18 aliphatic carbocycles. The van der Waals surface area contributed by atoms with Gasteiger partial charge in [0, 0.05) is 12.6 Å². The third-order valence-electron chi connectivity index (χ3n) is 42.4. The quantitative estimate of drug-likeness (QED) is 0.160. The molecular weight excluding hydrogens is 1510 g/mol. The largest absolute Gasteiger partial charge is 0.339 e. The van der Waals surface area contributed by atoms with E-state index in [0.717, 1.165) is 185 Å². The Kier molecular flexibility index (Phi) is 50.5. The predicted octanol–water partition coefficient (Wildman–Crippen LogP) is 41.4. The minimum atomic E-state index is -0.0363. The molecule has 0 aromatic heterocycles. The summed E-state index contributed by atoms with van der Waals surface area (Å²) in [6.45, 7) is 111. The molecule has 0 spiro atoms. The van der Waals surface area contributed by atoms with Crippen molar-refractivity contribution in [1.82, 2.24) is 4.90 Å². The molecule has 0 N–H and O–H groups in total. The Bertz CT molecular complexity index is 2690. The van der Waals surface area contributed by atoms with Gasteiger partial charge in [0.25, 0.3) is 0 Å². The van der Waals surface area contributed by atoms with E-state index in [9.17, 15) is 4.79 Å². The van der Waals surface area contributed by atoms with Gasteiger partial charge in [0.1, 0.15) is 0 Å². The first-order valence-electron chi connectivity index (χ1n) is 57.6. The standard InChI is InChI=1S/C15H28.C14H25NO.3C14H26.C13H24.C12H22.C11H20.8C2H6/c1-10(2)13-8-11-6-7-12(9-13)14(11)15(3,4)5;1-10(2)13-6-8-14(9-7-13,11(3)4)15(5)12(13)16;1-11(2)13-5-8-14(9-6-13,10-7-13)12(3)4;1-10(2)13-6-8-14(11(3)4)7-5-12(13)9-14;1-11(2)13-6-5-7-14(10-13,9-8-13)12(3)4;1-10(2)12-5-7-13(9-12,8-6-12)11(3)4;1-9(2)11-5-6-12(7-11,8-11)10(3)4;1-8(2)10-5-11(6-10,7-10)9(3)4;8*1-2/h10-14H,6-9H2,1-5H3;10-11H,6-9H2,1-5H3;11-12H,5-10H2,1-4H3;10-13H,5-9H2,1-4H3;11-12H,5-10H2,1-4H3;10-11H,5-9H2,1-4H3;9-10H,5-8H2,1-4H3;8-9H,5-7H2,1-4H3;8*1-2H3. The highest BCUT2D eigenvalue weighted by Gasteiger charge is 2.69. The SMILES string of the molecule is CC.CC.CC.CC.CC.CC.CC.CC.CC(C)C12CC(C(C)C)(C1)C2.CC(C)C12CCC(C(C)C)(C1)C2.CC(C)C12CCC(C(C)C)(CC1)C2.CC(C)C12CCC(C(C)C)(CC1)CC2.CC(C)C12CCC(C(C)C)(CC1)N(C)C2=O.CC(C)C12CCCC(C(C)C)(CC1)C2.CC(C)C1CC2CCC(C1)C2C(C)(C)C.CC(C)C1CCC2(C(C)C)CCC1C2. The third-order valence-corrected chi connectivity index (χ3v) is 42.4. The monoisotopic (exact) mass is 1750 g/mol. The topological polar surface area (TPSA) is 20.3 Å². The van der Waals surface area contributed by atoms with Gasteiger partial charge in [0.15, 0.2) is 0 Å². The molecule has 748 valence electrons. The van der Waals surface area contributed by atoms with Gasteiger partial charge in [-0.1, -0.05) is 346 Å². The van der Waals surface area contributed by atoms with Crippen molar-refractivity contribution in [1.29, 1.82) is 0 Å². The summed E-state index contributed by atoms with van der Waals surface area (Å²) in [4.78, 5) is 14.7. The summed E-state index contributed by atoms with van der Waals surface area (Å²) < 4.78 is 0. The molecule has 125 heavy (non-hydrogen) atoms. The summed E-state index contributed by atoms with van der Waals surface area (Å²) in [5.41, 5.74) is 9.10. The van der Waals surface area contributed by atoms with Gasteiger partial charge in [-0.15, -0.1) is 0 Å². The Hall–Kier alpha value is -0.530. The van der Waals surface area contributed by atoms with E-state index >= 15 is 0 Å². The van der Waals surface area contributed by atoms with Crippen molar-refractivity contribution in [2.45, 2.75) is 582 Å². The van der Waals surface area contributed by atoms with E-state index in [4.69, 9.17) is 0 Å². The molecular formula is C123H245NO. The van der Waals surface area contributed by atoms with Crippen molar-refractivity contribution in [2.24, 2.45) is 195 Å².